The lowest BCUT2D eigenvalue weighted by Crippen LogP contribution is -2.18. The maximum atomic E-state index is 11.8. The number of rotatable bonds is 7. The molecule has 0 aliphatic heterocycles. The zero-order chi connectivity index (χ0) is 16.3. The first-order valence-electron chi connectivity index (χ1n) is 7.26. The normalized spacial score (nSPS) is 12.9. The number of nitrogens with zero attached hydrogens (tertiary/aromatic N) is 3. The van der Waals surface area contributed by atoms with Gasteiger partial charge in [0.25, 0.3) is 5.56 Å². The fraction of sp³-hybridized carbons (Fsp3) is 0.571. The second-order valence-corrected chi connectivity index (χ2v) is 5.72. The molecule has 0 aliphatic carbocycles. The van der Waals surface area contributed by atoms with Crippen molar-refractivity contribution in [3.8, 4) is 0 Å². The maximum Gasteiger partial charge on any atom is 0.280 e. The van der Waals surface area contributed by atoms with E-state index in [4.69, 9.17) is 5.73 Å². The highest BCUT2D eigenvalue weighted by atomic mass is 16.3. The Morgan fingerprint density at radius 1 is 1.50 bits per heavy atom. The highest BCUT2D eigenvalue weighted by Crippen LogP contribution is 2.15. The van der Waals surface area contributed by atoms with E-state index >= 15 is 0 Å². The van der Waals surface area contributed by atoms with Crippen molar-refractivity contribution in [2.45, 2.75) is 33.2 Å². The smallest absolute Gasteiger partial charge is 0.280 e. The van der Waals surface area contributed by atoms with E-state index in [1.54, 1.807) is 4.57 Å². The number of nitrogens with two attached hydrogens (primary N) is 1. The lowest BCUT2D eigenvalue weighted by Gasteiger charge is -2.15. The van der Waals surface area contributed by atoms with Gasteiger partial charge in [-0.2, -0.15) is 4.98 Å². The van der Waals surface area contributed by atoms with Crippen LogP contribution in [0.5, 0.6) is 0 Å². The number of aliphatic hydroxyl groups is 1. The molecule has 0 aliphatic rings. The van der Waals surface area contributed by atoms with Gasteiger partial charge >= 0.3 is 0 Å². The third-order valence-electron chi connectivity index (χ3n) is 3.66. The predicted octanol–water partition coefficient (Wildman–Crippen LogP) is 0.316. The molecule has 8 heteroatoms. The quantitative estimate of drug-likeness (QED) is 0.676. The van der Waals surface area contributed by atoms with Crippen molar-refractivity contribution in [3.63, 3.8) is 0 Å². The van der Waals surface area contributed by atoms with E-state index in [0.717, 1.165) is 0 Å². The number of carbonyl (C=O) groups excluding carboxylic acids is 1. The molecule has 4 N–H and O–H groups in total. The lowest BCUT2D eigenvalue weighted by molar-refractivity contribution is -0.123. The van der Waals surface area contributed by atoms with Gasteiger partial charge in [0.15, 0.2) is 11.2 Å². The number of aromatic amines is 1. The molecule has 2 heterocycles. The lowest BCUT2D eigenvalue weighted by atomic mass is 9.94. The predicted molar refractivity (Wildman–Crippen MR) is 82.2 cm³/mol. The average Bonchev–Trinajstić information content (AvgIpc) is 2.86. The Balaban J connectivity index is 2.11. The largest absolute Gasteiger partial charge is 0.396 e. The summed E-state index contributed by atoms with van der Waals surface area (Å²) >= 11 is 0. The van der Waals surface area contributed by atoms with E-state index in [-0.39, 0.29) is 41.3 Å². The van der Waals surface area contributed by atoms with Gasteiger partial charge in [0, 0.05) is 25.5 Å². The number of hydrogen-bond acceptors (Lipinski definition) is 6. The molecule has 1 unspecified atom stereocenters. The number of H-pyrrole nitrogens is 1. The molecule has 0 saturated carbocycles. The molecule has 8 nitrogen and oxygen atoms in total. The van der Waals surface area contributed by atoms with E-state index in [9.17, 15) is 14.7 Å². The summed E-state index contributed by atoms with van der Waals surface area (Å²) in [7, 11) is 0. The Morgan fingerprint density at radius 2 is 2.23 bits per heavy atom. The highest BCUT2D eigenvalue weighted by molar-refractivity contribution is 5.80. The fourth-order valence-corrected chi connectivity index (χ4v) is 2.23. The van der Waals surface area contributed by atoms with Gasteiger partial charge in [0.2, 0.25) is 5.95 Å². The van der Waals surface area contributed by atoms with Crippen LogP contribution in [0.4, 0.5) is 5.95 Å². The Hall–Kier alpha value is -2.22. The molecule has 0 aromatic carbocycles. The summed E-state index contributed by atoms with van der Waals surface area (Å²) in [6, 6.07) is 0. The van der Waals surface area contributed by atoms with Crippen LogP contribution in [0.15, 0.2) is 11.1 Å². The van der Waals surface area contributed by atoms with Crippen LogP contribution in [-0.4, -0.2) is 37.0 Å². The molecule has 120 valence electrons. The number of aryl methyl sites for hydroxylation is 1. The van der Waals surface area contributed by atoms with E-state index in [1.165, 1.54) is 6.33 Å². The van der Waals surface area contributed by atoms with Gasteiger partial charge in [-0.05, 0) is 12.3 Å². The summed E-state index contributed by atoms with van der Waals surface area (Å²) in [6.45, 7) is 4.14. The molecule has 22 heavy (non-hydrogen) atoms. The van der Waals surface area contributed by atoms with E-state index in [0.29, 0.717) is 25.0 Å². The topological polar surface area (TPSA) is 127 Å². The highest BCUT2D eigenvalue weighted by Gasteiger charge is 2.17. The molecular formula is C14H21N5O3. The van der Waals surface area contributed by atoms with Crippen LogP contribution in [0, 0.1) is 11.8 Å². The molecule has 0 amide bonds. The molecule has 0 fully saturated rings. The number of nitrogen functional groups attached to an aromatic ring is 1. The number of anilines is 1. The van der Waals surface area contributed by atoms with Crippen molar-refractivity contribution in [2.75, 3.05) is 12.3 Å². The van der Waals surface area contributed by atoms with E-state index < -0.39 is 0 Å². The van der Waals surface area contributed by atoms with Gasteiger partial charge in [0.05, 0.1) is 6.33 Å². The minimum Gasteiger partial charge on any atom is -0.396 e. The fourth-order valence-electron chi connectivity index (χ4n) is 2.23. The van der Waals surface area contributed by atoms with Gasteiger partial charge in [-0.3, -0.25) is 14.6 Å². The number of carbonyl (C=O) groups is 1. The van der Waals surface area contributed by atoms with Gasteiger partial charge in [0.1, 0.15) is 5.78 Å². The number of fused-ring (bicyclic) bond motifs is 1. The van der Waals surface area contributed by atoms with Crippen molar-refractivity contribution < 1.29 is 9.90 Å². The molecular weight excluding hydrogens is 286 g/mol. The molecule has 0 bridgehead atoms. The standard InChI is InChI=1S/C14H21N5O3/c1-8(2)10(21)5-9(6-20)3-4-19-7-16-11-12(19)17-14(15)18-13(11)22/h7-9,20H,3-6H2,1-2H3,(H3,15,17,18,22). The van der Waals surface area contributed by atoms with Crippen LogP contribution < -0.4 is 11.3 Å². The molecule has 0 saturated heterocycles. The Kier molecular flexibility index (Phi) is 4.92. The minimum atomic E-state index is -0.380. The number of nitrogens with one attached hydrogen (secondary N) is 1. The van der Waals surface area contributed by atoms with Crippen LogP contribution >= 0.6 is 0 Å². The van der Waals surface area contributed by atoms with Crippen molar-refractivity contribution >= 4 is 22.9 Å². The van der Waals surface area contributed by atoms with Gasteiger partial charge < -0.3 is 15.4 Å². The molecule has 2 aromatic rings. The average molecular weight is 307 g/mol. The number of ketones is 1. The van der Waals surface area contributed by atoms with Gasteiger partial charge in [-0.25, -0.2) is 4.98 Å². The van der Waals surface area contributed by atoms with Crippen molar-refractivity contribution in [1.29, 1.82) is 0 Å². The summed E-state index contributed by atoms with van der Waals surface area (Å²) in [5, 5.41) is 9.42. The molecule has 2 rings (SSSR count). The third-order valence-corrected chi connectivity index (χ3v) is 3.66. The van der Waals surface area contributed by atoms with Crippen LogP contribution in [-0.2, 0) is 11.3 Å². The molecule has 1 atom stereocenters. The van der Waals surface area contributed by atoms with Crippen LogP contribution in [0.3, 0.4) is 0 Å². The SMILES string of the molecule is CC(C)C(=O)CC(CO)CCn1cnc2c(=O)[nH]c(N)nc21. The second-order valence-electron chi connectivity index (χ2n) is 5.72. The number of aromatic nitrogens is 4. The van der Waals surface area contributed by atoms with E-state index in [2.05, 4.69) is 15.0 Å². The molecule has 0 spiro atoms. The summed E-state index contributed by atoms with van der Waals surface area (Å²) in [5.74, 6) is 0.0103. The van der Waals surface area contributed by atoms with Gasteiger partial charge in [-0.15, -0.1) is 0 Å². The zero-order valence-corrected chi connectivity index (χ0v) is 12.7. The maximum absolute atomic E-state index is 11.8. The summed E-state index contributed by atoms with van der Waals surface area (Å²) in [5.41, 5.74) is 5.80. The number of Topliss-reactive ketones (excluding diaryl/α,β-unsaturated/α-hetero) is 1. The van der Waals surface area contributed by atoms with Crippen molar-refractivity contribution in [1.82, 2.24) is 19.5 Å². The monoisotopic (exact) mass is 307 g/mol. The number of hydrogen-bond donors (Lipinski definition) is 3. The van der Waals surface area contributed by atoms with Crippen LogP contribution in [0.25, 0.3) is 11.2 Å². The van der Waals surface area contributed by atoms with E-state index in [1.807, 2.05) is 13.8 Å². The Bertz CT molecular complexity index is 719. The molecule has 0 radical (unpaired) electrons. The molecule has 2 aromatic heterocycles. The third kappa shape index (κ3) is 3.51. The van der Waals surface area contributed by atoms with Crippen molar-refractivity contribution in [2.24, 2.45) is 11.8 Å². The van der Waals surface area contributed by atoms with Crippen LogP contribution in [0.1, 0.15) is 26.7 Å². The Labute approximate surface area is 127 Å². The zero-order valence-electron chi connectivity index (χ0n) is 12.7. The van der Waals surface area contributed by atoms with Crippen molar-refractivity contribution in [3.05, 3.63) is 16.7 Å². The van der Waals surface area contributed by atoms with Gasteiger partial charge in [-0.1, -0.05) is 13.8 Å². The van der Waals surface area contributed by atoms with Crippen LogP contribution in [0.2, 0.25) is 0 Å². The number of aliphatic hydroxyl groups excluding tert-OH is 1. The summed E-state index contributed by atoms with van der Waals surface area (Å²) in [6.07, 6.45) is 2.46. The first kappa shape index (κ1) is 16.2. The first-order chi connectivity index (χ1) is 10.4. The minimum absolute atomic E-state index is 0.0351. The first-order valence-corrected chi connectivity index (χ1v) is 7.26. The summed E-state index contributed by atoms with van der Waals surface area (Å²) in [4.78, 5) is 34.0. The second kappa shape index (κ2) is 6.69. The number of imidazole rings is 1. The summed E-state index contributed by atoms with van der Waals surface area (Å²) < 4.78 is 1.71. The Morgan fingerprint density at radius 3 is 2.86 bits per heavy atom.